The lowest BCUT2D eigenvalue weighted by Crippen LogP contribution is -2.49. The molecule has 9 N–H and O–H groups in total. The normalized spacial score (nSPS) is 14.2. The summed E-state index contributed by atoms with van der Waals surface area (Å²) >= 11 is 10.3. The van der Waals surface area contributed by atoms with Crippen molar-refractivity contribution < 1.29 is 40.7 Å². The topological polar surface area (TPSA) is 211 Å². The fourth-order valence-corrected chi connectivity index (χ4v) is 4.94. The highest BCUT2D eigenvalue weighted by Crippen LogP contribution is 2.21. The number of halogens is 2. The smallest absolute Gasteiger partial charge is 0.320 e. The number of benzene rings is 2. The standard InChI is InChI=1S/C29H39ClN4O5S.ClH.3H2O/c1-20(2)39-18-17-34(28(36)26(40)19-25(31)29(37)38)24-9-5-22(6-10-24)27(35)33-15-13-32(14-16-33)12-11-21-3-7-23(30)8-4-21;;;;/h3-10,20,25-26,40H,11-19,31H2,1-2H3,(H,37,38);1H;3*1H2/t25?,26-;;;;/m1..../s1. The van der Waals surface area contributed by atoms with Crippen molar-refractivity contribution >= 4 is 60.1 Å². The van der Waals surface area contributed by atoms with Crippen LogP contribution in [0, 0.1) is 0 Å². The number of aliphatic carboxylic acids is 1. The van der Waals surface area contributed by atoms with Gasteiger partial charge in [-0.3, -0.25) is 19.3 Å². The number of hydrogen-bond acceptors (Lipinski definition) is 7. The van der Waals surface area contributed by atoms with Crippen LogP contribution in [0.2, 0.25) is 5.02 Å². The molecule has 0 spiro atoms. The van der Waals surface area contributed by atoms with Crippen LogP contribution in [0.4, 0.5) is 5.69 Å². The number of thiol groups is 1. The molecule has 0 saturated carbocycles. The number of carbonyl (C=O) groups excluding carboxylic acids is 2. The van der Waals surface area contributed by atoms with E-state index < -0.39 is 17.3 Å². The van der Waals surface area contributed by atoms with Crippen LogP contribution in [-0.4, -0.2) is 112 Å². The number of piperazine rings is 1. The molecule has 2 aromatic rings. The minimum Gasteiger partial charge on any atom is -0.480 e. The molecule has 1 aliphatic heterocycles. The number of amides is 2. The Hall–Kier alpha value is -2.46. The summed E-state index contributed by atoms with van der Waals surface area (Å²) in [5.74, 6) is -1.61. The Morgan fingerprint density at radius 2 is 1.57 bits per heavy atom. The van der Waals surface area contributed by atoms with Gasteiger partial charge in [0.25, 0.3) is 5.91 Å². The van der Waals surface area contributed by atoms with E-state index in [9.17, 15) is 14.4 Å². The first kappa shape index (κ1) is 43.7. The average molecular weight is 682 g/mol. The van der Waals surface area contributed by atoms with Crippen LogP contribution in [-0.2, 0) is 20.7 Å². The second-order valence-electron chi connectivity index (χ2n) is 10.2. The molecule has 3 rings (SSSR count). The summed E-state index contributed by atoms with van der Waals surface area (Å²) in [5.41, 5.74) is 7.97. The molecular formula is C29H46Cl2N4O8S. The van der Waals surface area contributed by atoms with Crippen molar-refractivity contribution in [3.8, 4) is 0 Å². The summed E-state index contributed by atoms with van der Waals surface area (Å²) in [6.07, 6.45) is 0.808. The summed E-state index contributed by atoms with van der Waals surface area (Å²) in [7, 11) is 0. The molecule has 0 bridgehead atoms. The molecule has 0 aliphatic carbocycles. The number of nitrogens with zero attached hydrogens (tertiary/aromatic N) is 3. The van der Waals surface area contributed by atoms with E-state index in [0.717, 1.165) is 31.1 Å². The number of carboxylic acids is 1. The zero-order chi connectivity index (χ0) is 29.2. The Kier molecular flexibility index (Phi) is 21.1. The lowest BCUT2D eigenvalue weighted by molar-refractivity contribution is -0.138. The number of ether oxygens (including phenoxy) is 1. The van der Waals surface area contributed by atoms with E-state index in [4.69, 9.17) is 27.2 Å². The van der Waals surface area contributed by atoms with E-state index in [1.54, 1.807) is 24.3 Å². The molecular weight excluding hydrogens is 635 g/mol. The van der Waals surface area contributed by atoms with Gasteiger partial charge in [0.05, 0.1) is 18.0 Å². The van der Waals surface area contributed by atoms with Crippen LogP contribution < -0.4 is 10.6 Å². The highest BCUT2D eigenvalue weighted by atomic mass is 35.5. The van der Waals surface area contributed by atoms with Crippen molar-refractivity contribution in [2.75, 3.05) is 50.8 Å². The molecule has 1 unspecified atom stereocenters. The Morgan fingerprint density at radius 3 is 2.09 bits per heavy atom. The highest BCUT2D eigenvalue weighted by Gasteiger charge is 2.27. The van der Waals surface area contributed by atoms with Gasteiger partial charge in [0.15, 0.2) is 0 Å². The number of carbonyl (C=O) groups is 3. The number of rotatable bonds is 13. The molecule has 1 fully saturated rings. The molecule has 1 heterocycles. The molecule has 2 amide bonds. The molecule has 2 atom stereocenters. The lowest BCUT2D eigenvalue weighted by atomic mass is 10.1. The van der Waals surface area contributed by atoms with Gasteiger partial charge in [-0.25, -0.2) is 0 Å². The SMILES string of the molecule is CC(C)OCCN(C(=O)[C@H](S)CC(N)C(=O)O)c1ccc(C(=O)N2CCN(CCc3ccc(Cl)cc3)CC2)cc1.Cl.O.O.O. The first-order valence-electron chi connectivity index (χ1n) is 13.5. The van der Waals surface area contributed by atoms with Gasteiger partial charge in [-0.2, -0.15) is 12.6 Å². The molecule has 15 heteroatoms. The van der Waals surface area contributed by atoms with Crippen molar-refractivity contribution in [3.63, 3.8) is 0 Å². The molecule has 1 aliphatic rings. The van der Waals surface area contributed by atoms with Gasteiger partial charge in [-0.15, -0.1) is 12.4 Å². The van der Waals surface area contributed by atoms with E-state index in [1.807, 2.05) is 43.0 Å². The summed E-state index contributed by atoms with van der Waals surface area (Å²) in [6.45, 7) is 8.16. The molecule has 0 aromatic heterocycles. The predicted molar refractivity (Wildman–Crippen MR) is 178 cm³/mol. The Bertz CT molecular complexity index is 1140. The van der Waals surface area contributed by atoms with Crippen LogP contribution in [0.3, 0.4) is 0 Å². The van der Waals surface area contributed by atoms with E-state index in [2.05, 4.69) is 17.5 Å². The summed E-state index contributed by atoms with van der Waals surface area (Å²) in [6, 6.07) is 13.6. The van der Waals surface area contributed by atoms with E-state index in [1.165, 1.54) is 10.5 Å². The first-order valence-corrected chi connectivity index (χ1v) is 14.4. The maximum atomic E-state index is 13.2. The fourth-order valence-electron chi connectivity index (χ4n) is 4.45. The van der Waals surface area contributed by atoms with Gasteiger partial charge in [-0.05, 0) is 68.7 Å². The molecule has 250 valence electrons. The molecule has 0 radical (unpaired) electrons. The van der Waals surface area contributed by atoms with Gasteiger partial charge < -0.3 is 41.8 Å². The van der Waals surface area contributed by atoms with Crippen LogP contribution in [0.15, 0.2) is 48.5 Å². The monoisotopic (exact) mass is 680 g/mol. The van der Waals surface area contributed by atoms with Crippen molar-refractivity contribution in [3.05, 3.63) is 64.7 Å². The largest absolute Gasteiger partial charge is 0.480 e. The highest BCUT2D eigenvalue weighted by molar-refractivity contribution is 7.81. The fraction of sp³-hybridized carbons (Fsp3) is 0.483. The van der Waals surface area contributed by atoms with Crippen LogP contribution >= 0.6 is 36.6 Å². The van der Waals surface area contributed by atoms with E-state index in [-0.39, 0.29) is 66.3 Å². The maximum Gasteiger partial charge on any atom is 0.320 e. The van der Waals surface area contributed by atoms with Crippen molar-refractivity contribution in [1.29, 1.82) is 0 Å². The molecule has 44 heavy (non-hydrogen) atoms. The molecule has 1 saturated heterocycles. The second kappa shape index (κ2) is 21.3. The number of carboxylic acid groups (broad SMARTS) is 1. The zero-order valence-corrected chi connectivity index (χ0v) is 27.4. The van der Waals surface area contributed by atoms with Gasteiger partial charge in [-0.1, -0.05) is 23.7 Å². The van der Waals surface area contributed by atoms with Crippen molar-refractivity contribution in [1.82, 2.24) is 9.80 Å². The Morgan fingerprint density at radius 1 is 1.00 bits per heavy atom. The summed E-state index contributed by atoms with van der Waals surface area (Å²) < 4.78 is 5.63. The Labute approximate surface area is 275 Å². The maximum absolute atomic E-state index is 13.2. The minimum absolute atomic E-state index is 0. The van der Waals surface area contributed by atoms with Gasteiger partial charge in [0.1, 0.15) is 6.04 Å². The summed E-state index contributed by atoms with van der Waals surface area (Å²) in [4.78, 5) is 43.2. The minimum atomic E-state index is -1.20. The molecule has 2 aromatic carbocycles. The van der Waals surface area contributed by atoms with Crippen LogP contribution in [0.1, 0.15) is 36.2 Å². The Balaban J connectivity index is 0. The third-order valence-corrected chi connectivity index (χ3v) is 7.51. The van der Waals surface area contributed by atoms with E-state index in [0.29, 0.717) is 24.3 Å². The number of anilines is 1. The average Bonchev–Trinajstić information content (AvgIpc) is 2.94. The summed E-state index contributed by atoms with van der Waals surface area (Å²) in [5, 5.41) is 8.94. The zero-order valence-electron chi connectivity index (χ0n) is 24.9. The van der Waals surface area contributed by atoms with Crippen molar-refractivity contribution in [2.24, 2.45) is 5.73 Å². The van der Waals surface area contributed by atoms with Gasteiger partial charge in [0.2, 0.25) is 5.91 Å². The quantitative estimate of drug-likeness (QED) is 0.262. The molecule has 12 nitrogen and oxygen atoms in total. The first-order chi connectivity index (χ1) is 19.0. The predicted octanol–water partition coefficient (Wildman–Crippen LogP) is 1.15. The third kappa shape index (κ3) is 13.3. The second-order valence-corrected chi connectivity index (χ2v) is 11.2. The number of nitrogens with two attached hydrogens (primary N) is 1. The third-order valence-electron chi connectivity index (χ3n) is 6.83. The number of hydrogen-bond donors (Lipinski definition) is 3. The lowest BCUT2D eigenvalue weighted by Gasteiger charge is -2.35. The van der Waals surface area contributed by atoms with Gasteiger partial charge in [0, 0.05) is 55.5 Å². The van der Waals surface area contributed by atoms with E-state index >= 15 is 0 Å². The van der Waals surface area contributed by atoms with Crippen LogP contribution in [0.5, 0.6) is 0 Å². The van der Waals surface area contributed by atoms with Crippen molar-refractivity contribution in [2.45, 2.75) is 44.1 Å². The van der Waals surface area contributed by atoms with Crippen LogP contribution in [0.25, 0.3) is 0 Å². The van der Waals surface area contributed by atoms with Gasteiger partial charge >= 0.3 is 5.97 Å².